The average Bonchev–Trinajstić information content (AvgIpc) is 3.30. The largest absolute Gasteiger partial charge is 0.481 e. The van der Waals surface area contributed by atoms with E-state index in [4.69, 9.17) is 15.9 Å². The highest BCUT2D eigenvalue weighted by Gasteiger charge is 2.36. The van der Waals surface area contributed by atoms with Crippen LogP contribution in [0.2, 0.25) is 0 Å². The second kappa shape index (κ2) is 14.6. The van der Waals surface area contributed by atoms with E-state index in [0.29, 0.717) is 12.8 Å². The Bertz CT molecular complexity index is 863. The highest BCUT2D eigenvalue weighted by Crippen LogP contribution is 2.19. The molecule has 1 aliphatic rings. The lowest BCUT2D eigenvalue weighted by Crippen LogP contribution is -2.54. The lowest BCUT2D eigenvalue weighted by molar-refractivity contribution is -0.141. The van der Waals surface area contributed by atoms with Crippen molar-refractivity contribution >= 4 is 41.5 Å². The minimum Gasteiger partial charge on any atom is -0.481 e. The summed E-state index contributed by atoms with van der Waals surface area (Å²) >= 11 is 0. The Hall–Kier alpha value is -3.75. The smallest absolute Gasteiger partial charge is 0.322 e. The highest BCUT2D eigenvalue weighted by molar-refractivity contribution is 5.94. The van der Waals surface area contributed by atoms with Crippen LogP contribution in [0.5, 0.6) is 0 Å². The molecule has 0 aromatic heterocycles. The van der Waals surface area contributed by atoms with E-state index >= 15 is 0 Å². The van der Waals surface area contributed by atoms with Gasteiger partial charge >= 0.3 is 11.9 Å². The number of aliphatic carboxylic acids is 2. The van der Waals surface area contributed by atoms with Crippen molar-refractivity contribution in [1.82, 2.24) is 26.2 Å². The van der Waals surface area contributed by atoms with Crippen LogP contribution in [0.1, 0.15) is 39.5 Å². The van der Waals surface area contributed by atoms with Crippen LogP contribution < -0.4 is 27.0 Å². The van der Waals surface area contributed by atoms with Gasteiger partial charge in [0.25, 0.3) is 0 Å². The number of carbonyl (C=O) groups is 7. The third-order valence-electron chi connectivity index (χ3n) is 5.37. The molecule has 202 valence electrons. The molecule has 5 amide bonds. The molecule has 0 aromatic carbocycles. The van der Waals surface area contributed by atoms with Crippen molar-refractivity contribution in [3.63, 3.8) is 0 Å². The van der Waals surface area contributed by atoms with Gasteiger partial charge in [-0.25, -0.2) is 0 Å². The molecule has 0 aliphatic carbocycles. The highest BCUT2D eigenvalue weighted by atomic mass is 16.4. The number of hydrogen-bond donors (Lipinski definition) is 7. The molecule has 1 saturated heterocycles. The fourth-order valence-corrected chi connectivity index (χ4v) is 3.48. The summed E-state index contributed by atoms with van der Waals surface area (Å²) in [4.78, 5) is 83.8. The summed E-state index contributed by atoms with van der Waals surface area (Å²) in [6.07, 6.45) is 0.547. The van der Waals surface area contributed by atoms with Crippen LogP contribution >= 0.6 is 0 Å². The summed E-state index contributed by atoms with van der Waals surface area (Å²) in [5, 5.41) is 26.7. The van der Waals surface area contributed by atoms with Gasteiger partial charge < -0.3 is 42.1 Å². The average molecular weight is 515 g/mol. The maximum absolute atomic E-state index is 12.5. The number of nitrogens with two attached hydrogens (primary N) is 1. The fraction of sp³-hybridized carbons (Fsp3) is 0.667. The zero-order chi connectivity index (χ0) is 27.4. The first kappa shape index (κ1) is 30.3. The molecule has 15 nitrogen and oxygen atoms in total. The zero-order valence-corrected chi connectivity index (χ0v) is 20.2. The van der Waals surface area contributed by atoms with E-state index in [9.17, 15) is 33.6 Å². The van der Waals surface area contributed by atoms with Gasteiger partial charge in [-0.2, -0.15) is 0 Å². The van der Waals surface area contributed by atoms with Crippen molar-refractivity contribution < 1.29 is 43.8 Å². The van der Waals surface area contributed by atoms with E-state index < -0.39 is 79.2 Å². The maximum Gasteiger partial charge on any atom is 0.322 e. The van der Waals surface area contributed by atoms with Gasteiger partial charge in [0.15, 0.2) is 0 Å². The molecule has 1 fully saturated rings. The topological polar surface area (TPSA) is 237 Å². The summed E-state index contributed by atoms with van der Waals surface area (Å²) in [5.74, 6) is -5.87. The first-order valence-corrected chi connectivity index (χ1v) is 11.4. The number of carbonyl (C=O) groups excluding carboxylic acids is 5. The third kappa shape index (κ3) is 10.2. The molecule has 1 heterocycles. The Morgan fingerprint density at radius 1 is 0.917 bits per heavy atom. The molecule has 0 aromatic rings. The summed E-state index contributed by atoms with van der Waals surface area (Å²) < 4.78 is 0. The minimum atomic E-state index is -1.24. The van der Waals surface area contributed by atoms with E-state index in [2.05, 4.69) is 21.3 Å². The number of likely N-dealkylation sites (tertiary alicyclic amines) is 1. The Kier molecular flexibility index (Phi) is 12.3. The number of nitrogens with one attached hydrogen (secondary N) is 4. The molecule has 36 heavy (non-hydrogen) atoms. The van der Waals surface area contributed by atoms with Crippen LogP contribution in [0.15, 0.2) is 0 Å². The molecule has 1 aliphatic heterocycles. The van der Waals surface area contributed by atoms with Crippen molar-refractivity contribution in [2.75, 3.05) is 26.2 Å². The number of carboxylic acids is 2. The predicted molar refractivity (Wildman–Crippen MR) is 123 cm³/mol. The van der Waals surface area contributed by atoms with Gasteiger partial charge in [0.1, 0.15) is 18.6 Å². The van der Waals surface area contributed by atoms with Crippen molar-refractivity contribution in [3.8, 4) is 0 Å². The van der Waals surface area contributed by atoms with Gasteiger partial charge in [0.05, 0.1) is 19.1 Å². The Morgan fingerprint density at radius 3 is 2.14 bits per heavy atom. The second-order valence-electron chi connectivity index (χ2n) is 8.62. The number of nitrogens with zero attached hydrogens (tertiary/aromatic N) is 1. The van der Waals surface area contributed by atoms with Crippen molar-refractivity contribution in [1.29, 1.82) is 0 Å². The third-order valence-corrected chi connectivity index (χ3v) is 5.37. The molecule has 8 N–H and O–H groups in total. The maximum atomic E-state index is 12.5. The molecule has 0 bridgehead atoms. The van der Waals surface area contributed by atoms with E-state index in [1.54, 1.807) is 13.8 Å². The van der Waals surface area contributed by atoms with Crippen LogP contribution in [-0.2, 0) is 33.6 Å². The minimum absolute atomic E-state index is 0.0671. The standard InChI is InChI=1S/C21H34N6O9/c1-11(2)18(20(35)25-10-17(32)33)26-15(29)9-23-14(28)8-24-19(34)13-4-3-7-27(13)21(36)12(22)5-6-16(30)31/h11-13,18H,3-10,22H2,1-2H3,(H,23,28)(H,24,34)(H,25,35)(H,26,29)(H,30,31)(H,32,33)/t12-,13-,18-/m0/s1. The lowest BCUT2D eigenvalue weighted by atomic mass is 10.0. The SMILES string of the molecule is CC(C)[C@H](NC(=O)CNC(=O)CNC(=O)[C@@H]1CCCN1C(=O)[C@@H](N)CCC(=O)O)C(=O)NCC(=O)O. The van der Waals surface area contributed by atoms with Gasteiger partial charge in [-0.3, -0.25) is 33.6 Å². The van der Waals surface area contributed by atoms with E-state index in [1.807, 2.05) is 0 Å². The van der Waals surface area contributed by atoms with Crippen LogP contribution in [-0.4, -0.2) is 101 Å². The summed E-state index contributed by atoms with van der Waals surface area (Å²) in [6.45, 7) is 2.01. The summed E-state index contributed by atoms with van der Waals surface area (Å²) in [5.41, 5.74) is 5.76. The molecular weight excluding hydrogens is 480 g/mol. The molecular formula is C21H34N6O9. The van der Waals surface area contributed by atoms with Crippen LogP contribution in [0.25, 0.3) is 0 Å². The van der Waals surface area contributed by atoms with Crippen LogP contribution in [0.4, 0.5) is 0 Å². The molecule has 0 radical (unpaired) electrons. The second-order valence-corrected chi connectivity index (χ2v) is 8.62. The summed E-state index contributed by atoms with van der Waals surface area (Å²) in [6, 6.07) is -2.92. The van der Waals surface area contributed by atoms with Crippen molar-refractivity contribution in [3.05, 3.63) is 0 Å². The van der Waals surface area contributed by atoms with Gasteiger partial charge in [-0.05, 0) is 25.2 Å². The molecule has 3 atom stereocenters. The van der Waals surface area contributed by atoms with Gasteiger partial charge in [0, 0.05) is 13.0 Å². The predicted octanol–water partition coefficient (Wildman–Crippen LogP) is -3.26. The Balaban J connectivity index is 2.49. The van der Waals surface area contributed by atoms with E-state index in [0.717, 1.165) is 0 Å². The Morgan fingerprint density at radius 2 is 1.56 bits per heavy atom. The van der Waals surface area contributed by atoms with Crippen LogP contribution in [0.3, 0.4) is 0 Å². The molecule has 0 unspecified atom stereocenters. The van der Waals surface area contributed by atoms with E-state index in [1.165, 1.54) is 4.90 Å². The van der Waals surface area contributed by atoms with Gasteiger partial charge in [-0.15, -0.1) is 0 Å². The fourth-order valence-electron chi connectivity index (χ4n) is 3.48. The molecule has 0 spiro atoms. The first-order chi connectivity index (χ1) is 16.8. The van der Waals surface area contributed by atoms with Gasteiger partial charge in [-0.1, -0.05) is 13.8 Å². The number of hydrogen-bond acceptors (Lipinski definition) is 8. The summed E-state index contributed by atoms with van der Waals surface area (Å²) in [7, 11) is 0. The molecule has 15 heteroatoms. The first-order valence-electron chi connectivity index (χ1n) is 11.4. The monoisotopic (exact) mass is 514 g/mol. The van der Waals surface area contributed by atoms with Gasteiger partial charge in [0.2, 0.25) is 29.5 Å². The van der Waals surface area contributed by atoms with Crippen LogP contribution in [0, 0.1) is 5.92 Å². The normalized spacial score (nSPS) is 16.6. The van der Waals surface area contributed by atoms with E-state index in [-0.39, 0.29) is 25.3 Å². The zero-order valence-electron chi connectivity index (χ0n) is 20.2. The van der Waals surface area contributed by atoms with Crippen molar-refractivity contribution in [2.45, 2.75) is 57.7 Å². The van der Waals surface area contributed by atoms with Crippen molar-refractivity contribution in [2.24, 2.45) is 11.7 Å². The number of rotatable bonds is 14. The quantitative estimate of drug-likeness (QED) is 0.122. The number of carboxylic acid groups (broad SMARTS) is 2. The molecule has 1 rings (SSSR count). The molecule has 0 saturated carbocycles. The Labute approximate surface area is 207 Å². The number of amides is 5. The lowest BCUT2D eigenvalue weighted by Gasteiger charge is -2.26.